The predicted octanol–water partition coefficient (Wildman–Crippen LogP) is 1.23. The number of nitrogens with two attached hydrogens (primary N) is 1. The molecule has 2 N–H and O–H groups in total. The highest BCUT2D eigenvalue weighted by atomic mass is 16.2. The number of hydrogen-bond acceptors (Lipinski definition) is 2. The summed E-state index contributed by atoms with van der Waals surface area (Å²) in [4.78, 5) is 13.3. The summed E-state index contributed by atoms with van der Waals surface area (Å²) in [7, 11) is 3.63. The molecule has 0 bridgehead atoms. The molecule has 0 aliphatic rings. The fourth-order valence-electron chi connectivity index (χ4n) is 1.47. The smallest absolute Gasteiger partial charge is 0.225 e. The molecular formula is C10H22N2O. The maximum Gasteiger partial charge on any atom is 0.225 e. The zero-order valence-electron chi connectivity index (χ0n) is 9.05. The van der Waals surface area contributed by atoms with Crippen molar-refractivity contribution in [3.63, 3.8) is 0 Å². The van der Waals surface area contributed by atoms with Crippen molar-refractivity contribution < 1.29 is 4.79 Å². The van der Waals surface area contributed by atoms with Crippen LogP contribution in [0.3, 0.4) is 0 Å². The molecule has 0 fully saturated rings. The molecule has 1 amide bonds. The van der Waals surface area contributed by atoms with Crippen molar-refractivity contribution in [2.24, 2.45) is 11.7 Å². The van der Waals surface area contributed by atoms with Crippen molar-refractivity contribution in [3.05, 3.63) is 0 Å². The van der Waals surface area contributed by atoms with Gasteiger partial charge in [0, 0.05) is 20.0 Å². The van der Waals surface area contributed by atoms with Crippen LogP contribution < -0.4 is 5.73 Å². The molecule has 0 radical (unpaired) electrons. The van der Waals surface area contributed by atoms with Gasteiger partial charge in [0.15, 0.2) is 0 Å². The Hall–Kier alpha value is -0.570. The Kier molecular flexibility index (Phi) is 6.59. The molecule has 0 aliphatic carbocycles. The Balaban J connectivity index is 3.99. The highest BCUT2D eigenvalue weighted by Gasteiger charge is 2.18. The molecule has 13 heavy (non-hydrogen) atoms. The Morgan fingerprint density at radius 3 is 2.38 bits per heavy atom. The first-order chi connectivity index (χ1) is 6.13. The second kappa shape index (κ2) is 6.89. The van der Waals surface area contributed by atoms with E-state index in [1.165, 1.54) is 0 Å². The maximum atomic E-state index is 11.6. The van der Waals surface area contributed by atoms with Crippen LogP contribution >= 0.6 is 0 Å². The normalized spacial score (nSPS) is 12.6. The molecule has 0 saturated heterocycles. The van der Waals surface area contributed by atoms with E-state index in [1.54, 1.807) is 4.90 Å². The van der Waals surface area contributed by atoms with Crippen LogP contribution in [-0.4, -0.2) is 31.4 Å². The third-order valence-electron chi connectivity index (χ3n) is 2.18. The van der Waals surface area contributed by atoms with E-state index in [-0.39, 0.29) is 11.8 Å². The molecule has 3 nitrogen and oxygen atoms in total. The third-order valence-corrected chi connectivity index (χ3v) is 2.18. The number of rotatable bonds is 6. The van der Waals surface area contributed by atoms with Crippen LogP contribution in [0.25, 0.3) is 0 Å². The third kappa shape index (κ3) is 4.88. The summed E-state index contributed by atoms with van der Waals surface area (Å²) in [5, 5.41) is 0. The van der Waals surface area contributed by atoms with E-state index in [9.17, 15) is 4.79 Å². The molecule has 0 saturated carbocycles. The quantitative estimate of drug-likeness (QED) is 0.678. The average Bonchev–Trinajstić information content (AvgIpc) is 2.11. The molecule has 0 aliphatic heterocycles. The molecule has 1 atom stereocenters. The van der Waals surface area contributed by atoms with Gasteiger partial charge in [0.1, 0.15) is 0 Å². The van der Waals surface area contributed by atoms with Crippen molar-refractivity contribution in [2.45, 2.75) is 32.6 Å². The minimum Gasteiger partial charge on any atom is -0.349 e. The van der Waals surface area contributed by atoms with Crippen molar-refractivity contribution in [1.29, 1.82) is 0 Å². The lowest BCUT2D eigenvalue weighted by Gasteiger charge is -2.19. The summed E-state index contributed by atoms with van der Waals surface area (Å²) in [5.41, 5.74) is 5.42. The second-order valence-electron chi connectivity index (χ2n) is 3.65. The first kappa shape index (κ1) is 12.4. The van der Waals surface area contributed by atoms with Crippen LogP contribution in [0.5, 0.6) is 0 Å². The summed E-state index contributed by atoms with van der Waals surface area (Å²) in [6.07, 6.45) is 3.93. The van der Waals surface area contributed by atoms with Gasteiger partial charge in [-0.3, -0.25) is 4.79 Å². The van der Waals surface area contributed by atoms with Gasteiger partial charge >= 0.3 is 0 Å². The lowest BCUT2D eigenvalue weighted by atomic mass is 9.96. The van der Waals surface area contributed by atoms with E-state index in [2.05, 4.69) is 6.92 Å². The van der Waals surface area contributed by atoms with E-state index in [4.69, 9.17) is 5.73 Å². The van der Waals surface area contributed by atoms with Gasteiger partial charge < -0.3 is 10.6 Å². The molecule has 1 unspecified atom stereocenters. The lowest BCUT2D eigenvalue weighted by molar-refractivity contribution is -0.133. The number of hydrogen-bond donors (Lipinski definition) is 1. The van der Waals surface area contributed by atoms with E-state index < -0.39 is 0 Å². The summed E-state index contributed by atoms with van der Waals surface area (Å²) in [6, 6.07) is 0. The van der Waals surface area contributed by atoms with Crippen LogP contribution in [0, 0.1) is 5.92 Å². The van der Waals surface area contributed by atoms with E-state index in [1.807, 2.05) is 14.1 Å². The summed E-state index contributed by atoms with van der Waals surface area (Å²) >= 11 is 0. The standard InChI is InChI=1S/C10H22N2O/c1-4-6-9(7-5-8-11)10(13)12(2)3/h9H,4-8,11H2,1-3H3. The number of carbonyl (C=O) groups excluding carboxylic acids is 1. The molecule has 0 aromatic heterocycles. The molecule has 0 rings (SSSR count). The molecule has 0 aromatic rings. The largest absolute Gasteiger partial charge is 0.349 e. The zero-order valence-corrected chi connectivity index (χ0v) is 9.05. The van der Waals surface area contributed by atoms with Gasteiger partial charge in [-0.15, -0.1) is 0 Å². The van der Waals surface area contributed by atoms with E-state index >= 15 is 0 Å². The second-order valence-corrected chi connectivity index (χ2v) is 3.65. The fraction of sp³-hybridized carbons (Fsp3) is 0.900. The van der Waals surface area contributed by atoms with Gasteiger partial charge in [-0.2, -0.15) is 0 Å². The van der Waals surface area contributed by atoms with Crippen LogP contribution in [0.1, 0.15) is 32.6 Å². The number of carbonyl (C=O) groups is 1. The van der Waals surface area contributed by atoms with Gasteiger partial charge in [-0.1, -0.05) is 13.3 Å². The van der Waals surface area contributed by atoms with Crippen molar-refractivity contribution >= 4 is 5.91 Å². The molecule has 0 spiro atoms. The molecule has 78 valence electrons. The molecule has 3 heteroatoms. The number of nitrogens with zero attached hydrogens (tertiary/aromatic N) is 1. The van der Waals surface area contributed by atoms with Gasteiger partial charge in [0.2, 0.25) is 5.91 Å². The minimum atomic E-state index is 0.184. The first-order valence-corrected chi connectivity index (χ1v) is 5.04. The van der Waals surface area contributed by atoms with E-state index in [0.29, 0.717) is 6.54 Å². The first-order valence-electron chi connectivity index (χ1n) is 5.04. The van der Waals surface area contributed by atoms with Crippen LogP contribution in [0.2, 0.25) is 0 Å². The van der Waals surface area contributed by atoms with Crippen molar-refractivity contribution in [3.8, 4) is 0 Å². The Labute approximate surface area is 81.3 Å². The van der Waals surface area contributed by atoms with Gasteiger partial charge in [-0.25, -0.2) is 0 Å². The van der Waals surface area contributed by atoms with Gasteiger partial charge in [0.05, 0.1) is 0 Å². The average molecular weight is 186 g/mol. The highest BCUT2D eigenvalue weighted by molar-refractivity contribution is 5.78. The summed E-state index contributed by atoms with van der Waals surface area (Å²) in [6.45, 7) is 2.79. The van der Waals surface area contributed by atoms with Crippen molar-refractivity contribution in [2.75, 3.05) is 20.6 Å². The topological polar surface area (TPSA) is 46.3 Å². The molecular weight excluding hydrogens is 164 g/mol. The fourth-order valence-corrected chi connectivity index (χ4v) is 1.47. The Bertz CT molecular complexity index is 146. The molecule has 0 aromatic carbocycles. The number of amides is 1. The van der Waals surface area contributed by atoms with Crippen LogP contribution in [0.15, 0.2) is 0 Å². The van der Waals surface area contributed by atoms with Gasteiger partial charge in [-0.05, 0) is 25.8 Å². The SMILES string of the molecule is CCCC(CCCN)C(=O)N(C)C. The van der Waals surface area contributed by atoms with E-state index in [0.717, 1.165) is 25.7 Å². The maximum absolute atomic E-state index is 11.6. The summed E-state index contributed by atoms with van der Waals surface area (Å²) in [5.74, 6) is 0.429. The molecule has 0 heterocycles. The predicted molar refractivity (Wildman–Crippen MR) is 55.4 cm³/mol. The van der Waals surface area contributed by atoms with Crippen LogP contribution in [0.4, 0.5) is 0 Å². The summed E-state index contributed by atoms with van der Waals surface area (Å²) < 4.78 is 0. The monoisotopic (exact) mass is 186 g/mol. The van der Waals surface area contributed by atoms with Gasteiger partial charge in [0.25, 0.3) is 0 Å². The Morgan fingerprint density at radius 1 is 1.38 bits per heavy atom. The minimum absolute atomic E-state index is 0.184. The zero-order chi connectivity index (χ0) is 10.3. The van der Waals surface area contributed by atoms with Crippen molar-refractivity contribution in [1.82, 2.24) is 4.90 Å². The van der Waals surface area contributed by atoms with Crippen LogP contribution in [-0.2, 0) is 4.79 Å². The highest BCUT2D eigenvalue weighted by Crippen LogP contribution is 2.15. The lowest BCUT2D eigenvalue weighted by Crippen LogP contribution is -2.30. The Morgan fingerprint density at radius 2 is 2.00 bits per heavy atom.